The summed E-state index contributed by atoms with van der Waals surface area (Å²) in [5.41, 5.74) is 2.50. The van der Waals surface area contributed by atoms with Gasteiger partial charge in [-0.2, -0.15) is 0 Å². The minimum absolute atomic E-state index is 0.558. The number of aromatic nitrogens is 2. The summed E-state index contributed by atoms with van der Waals surface area (Å²) < 4.78 is 5.87. The number of halogens is 2. The van der Waals surface area contributed by atoms with Crippen molar-refractivity contribution in [2.24, 2.45) is 0 Å². The summed E-state index contributed by atoms with van der Waals surface area (Å²) in [4.78, 5) is 11.0. The first-order valence-electron chi connectivity index (χ1n) is 7.31. The molecule has 4 rings (SSSR count). The van der Waals surface area contributed by atoms with E-state index in [-0.39, 0.29) is 0 Å². The zero-order valence-corrected chi connectivity index (χ0v) is 13.7. The van der Waals surface area contributed by atoms with Crippen LogP contribution in [0.5, 0.6) is 0 Å². The van der Waals surface area contributed by atoms with E-state index in [1.54, 1.807) is 6.20 Å². The molecular formula is C17H13Cl2N3O. The molecule has 6 heteroatoms. The SMILES string of the molecule is Clc1cccc(Cl)c1N1CCc2oc(-c3ccccn3)nc2C1. The van der Waals surface area contributed by atoms with Gasteiger partial charge in [0, 0.05) is 19.2 Å². The van der Waals surface area contributed by atoms with Crippen LogP contribution in [0.15, 0.2) is 47.0 Å². The van der Waals surface area contributed by atoms with Crippen LogP contribution < -0.4 is 4.90 Å². The number of nitrogens with zero attached hydrogens (tertiary/aromatic N) is 3. The molecule has 4 nitrogen and oxygen atoms in total. The van der Waals surface area contributed by atoms with Gasteiger partial charge >= 0.3 is 0 Å². The summed E-state index contributed by atoms with van der Waals surface area (Å²) >= 11 is 12.6. The molecule has 116 valence electrons. The van der Waals surface area contributed by atoms with Gasteiger partial charge in [0.05, 0.1) is 22.3 Å². The third kappa shape index (κ3) is 2.69. The van der Waals surface area contributed by atoms with E-state index in [1.807, 2.05) is 36.4 Å². The lowest BCUT2D eigenvalue weighted by Crippen LogP contribution is -2.30. The Balaban J connectivity index is 1.67. The van der Waals surface area contributed by atoms with Crippen molar-refractivity contribution >= 4 is 28.9 Å². The maximum Gasteiger partial charge on any atom is 0.245 e. The van der Waals surface area contributed by atoms with E-state index in [0.717, 1.165) is 35.8 Å². The van der Waals surface area contributed by atoms with Gasteiger partial charge in [-0.3, -0.25) is 4.98 Å². The van der Waals surface area contributed by atoms with Crippen molar-refractivity contribution in [1.82, 2.24) is 9.97 Å². The summed E-state index contributed by atoms with van der Waals surface area (Å²) in [5, 5.41) is 1.30. The molecule has 0 saturated heterocycles. The molecule has 1 aliphatic heterocycles. The molecule has 0 aliphatic carbocycles. The van der Waals surface area contributed by atoms with Crippen molar-refractivity contribution in [2.45, 2.75) is 13.0 Å². The Hall–Kier alpha value is -2.04. The van der Waals surface area contributed by atoms with Crippen LogP contribution in [0.1, 0.15) is 11.5 Å². The molecule has 3 aromatic rings. The number of pyridine rings is 1. The van der Waals surface area contributed by atoms with Gasteiger partial charge in [-0.1, -0.05) is 35.3 Å². The fourth-order valence-electron chi connectivity index (χ4n) is 2.78. The van der Waals surface area contributed by atoms with Crippen LogP contribution in [-0.2, 0) is 13.0 Å². The van der Waals surface area contributed by atoms with Gasteiger partial charge in [0.1, 0.15) is 17.1 Å². The molecule has 2 aromatic heterocycles. The molecule has 0 bridgehead atoms. The molecule has 0 spiro atoms. The second-order valence-electron chi connectivity index (χ2n) is 5.35. The van der Waals surface area contributed by atoms with Crippen LogP contribution in [0.25, 0.3) is 11.6 Å². The maximum absolute atomic E-state index is 6.31. The van der Waals surface area contributed by atoms with Gasteiger partial charge in [0.25, 0.3) is 0 Å². The van der Waals surface area contributed by atoms with E-state index in [9.17, 15) is 0 Å². The number of oxazole rings is 1. The zero-order chi connectivity index (χ0) is 15.8. The van der Waals surface area contributed by atoms with Crippen molar-refractivity contribution in [3.05, 3.63) is 64.1 Å². The smallest absolute Gasteiger partial charge is 0.245 e. The van der Waals surface area contributed by atoms with E-state index >= 15 is 0 Å². The highest BCUT2D eigenvalue weighted by molar-refractivity contribution is 6.39. The van der Waals surface area contributed by atoms with Crippen molar-refractivity contribution in [3.8, 4) is 11.6 Å². The lowest BCUT2D eigenvalue weighted by Gasteiger charge is -2.28. The van der Waals surface area contributed by atoms with Crippen LogP contribution in [-0.4, -0.2) is 16.5 Å². The Morgan fingerprint density at radius 3 is 2.61 bits per heavy atom. The van der Waals surface area contributed by atoms with Gasteiger partial charge in [-0.15, -0.1) is 0 Å². The van der Waals surface area contributed by atoms with Gasteiger partial charge in [-0.25, -0.2) is 4.98 Å². The van der Waals surface area contributed by atoms with Gasteiger partial charge < -0.3 is 9.32 Å². The standard InChI is InChI=1S/C17H13Cl2N3O/c18-11-4-3-5-12(19)16(11)22-9-7-15-14(10-22)21-17(23-15)13-6-1-2-8-20-13/h1-6,8H,7,9-10H2. The van der Waals surface area contributed by atoms with E-state index in [2.05, 4.69) is 14.9 Å². The summed E-state index contributed by atoms with van der Waals surface area (Å²) in [6.45, 7) is 1.41. The van der Waals surface area contributed by atoms with Crippen LogP contribution in [0.3, 0.4) is 0 Å². The van der Waals surface area contributed by atoms with Crippen LogP contribution >= 0.6 is 23.2 Å². The third-order valence-corrected chi connectivity index (χ3v) is 4.48. The van der Waals surface area contributed by atoms with Crippen molar-refractivity contribution < 1.29 is 4.42 Å². The van der Waals surface area contributed by atoms with E-state index in [0.29, 0.717) is 22.5 Å². The summed E-state index contributed by atoms with van der Waals surface area (Å²) in [5.74, 6) is 1.47. The molecule has 0 N–H and O–H groups in total. The highest BCUT2D eigenvalue weighted by atomic mass is 35.5. The third-order valence-electron chi connectivity index (χ3n) is 3.87. The molecule has 1 aliphatic rings. The first kappa shape index (κ1) is 14.5. The van der Waals surface area contributed by atoms with E-state index in [4.69, 9.17) is 27.6 Å². The first-order chi connectivity index (χ1) is 11.2. The summed E-state index contributed by atoms with van der Waals surface area (Å²) in [6, 6.07) is 11.2. The number of benzene rings is 1. The fourth-order valence-corrected chi connectivity index (χ4v) is 3.42. The highest BCUT2D eigenvalue weighted by Crippen LogP contribution is 2.36. The van der Waals surface area contributed by atoms with Gasteiger partial charge in [0.15, 0.2) is 0 Å². The van der Waals surface area contributed by atoms with Crippen molar-refractivity contribution in [3.63, 3.8) is 0 Å². The Morgan fingerprint density at radius 1 is 1.04 bits per heavy atom. The predicted octanol–water partition coefficient (Wildman–Crippen LogP) is 4.61. The number of rotatable bonds is 2. The van der Waals surface area contributed by atoms with Crippen molar-refractivity contribution in [1.29, 1.82) is 0 Å². The first-order valence-corrected chi connectivity index (χ1v) is 8.07. The molecule has 0 fully saturated rings. The van der Waals surface area contributed by atoms with E-state index in [1.165, 1.54) is 0 Å². The van der Waals surface area contributed by atoms with E-state index < -0.39 is 0 Å². The number of hydrogen-bond acceptors (Lipinski definition) is 4. The topological polar surface area (TPSA) is 42.2 Å². The quantitative estimate of drug-likeness (QED) is 0.680. The lowest BCUT2D eigenvalue weighted by molar-refractivity contribution is 0.498. The molecule has 0 amide bonds. The van der Waals surface area contributed by atoms with Crippen LogP contribution in [0.4, 0.5) is 5.69 Å². The minimum Gasteiger partial charge on any atom is -0.439 e. The Kier molecular flexibility index (Phi) is 3.71. The molecular weight excluding hydrogens is 333 g/mol. The maximum atomic E-state index is 6.31. The lowest BCUT2D eigenvalue weighted by atomic mass is 10.1. The molecule has 0 atom stereocenters. The summed E-state index contributed by atoms with van der Waals surface area (Å²) in [7, 11) is 0. The molecule has 0 unspecified atom stereocenters. The number of anilines is 1. The van der Waals surface area contributed by atoms with Crippen LogP contribution in [0.2, 0.25) is 10.0 Å². The molecule has 3 heterocycles. The minimum atomic E-state index is 0.558. The summed E-state index contributed by atoms with van der Waals surface area (Å²) in [6.07, 6.45) is 2.49. The Labute approximate surface area is 143 Å². The average Bonchev–Trinajstić information content (AvgIpc) is 2.99. The number of para-hydroxylation sites is 1. The zero-order valence-electron chi connectivity index (χ0n) is 12.2. The van der Waals surface area contributed by atoms with Crippen molar-refractivity contribution in [2.75, 3.05) is 11.4 Å². The fraction of sp³-hybridized carbons (Fsp3) is 0.176. The Morgan fingerprint density at radius 2 is 1.87 bits per heavy atom. The average molecular weight is 346 g/mol. The second kappa shape index (κ2) is 5.87. The van der Waals surface area contributed by atoms with Gasteiger partial charge in [0.2, 0.25) is 5.89 Å². The molecule has 0 saturated carbocycles. The predicted molar refractivity (Wildman–Crippen MR) is 91.0 cm³/mol. The molecule has 1 aromatic carbocycles. The molecule has 23 heavy (non-hydrogen) atoms. The number of hydrogen-bond donors (Lipinski definition) is 0. The number of fused-ring (bicyclic) bond motifs is 1. The monoisotopic (exact) mass is 345 g/mol. The normalized spacial score (nSPS) is 13.9. The highest BCUT2D eigenvalue weighted by Gasteiger charge is 2.25. The Bertz CT molecular complexity index is 828. The molecule has 0 radical (unpaired) electrons. The van der Waals surface area contributed by atoms with Gasteiger partial charge in [-0.05, 0) is 24.3 Å². The second-order valence-corrected chi connectivity index (χ2v) is 6.16. The largest absolute Gasteiger partial charge is 0.439 e. The van der Waals surface area contributed by atoms with Crippen LogP contribution in [0, 0.1) is 0 Å².